The minimum atomic E-state index is -0.331. The molecule has 1 amide bonds. The fourth-order valence-corrected chi connectivity index (χ4v) is 3.18. The number of hydroxylamine groups is 1. The van der Waals surface area contributed by atoms with E-state index in [1.54, 1.807) is 12.1 Å². The van der Waals surface area contributed by atoms with Crippen molar-refractivity contribution in [2.45, 2.75) is 13.8 Å². The SMILES string of the molecule is CC(C)CONC(=O)c1sc2cc(Cl)ccc2c1Cl. The second-order valence-electron chi connectivity index (χ2n) is 4.52. The average Bonchev–Trinajstić information content (AvgIpc) is 2.65. The molecule has 0 bridgehead atoms. The molecule has 2 rings (SSSR count). The van der Waals surface area contributed by atoms with Crippen molar-refractivity contribution in [3.8, 4) is 0 Å². The standard InChI is InChI=1S/C13H13Cl2NO2S/c1-7(2)6-18-16-13(17)12-11(15)9-4-3-8(14)5-10(9)19-12/h3-5,7H,6H2,1-2H3,(H,16,17). The molecule has 0 spiro atoms. The van der Waals surface area contributed by atoms with Crippen LogP contribution >= 0.6 is 34.5 Å². The molecule has 0 atom stereocenters. The van der Waals surface area contributed by atoms with Gasteiger partial charge in [0.05, 0.1) is 11.6 Å². The van der Waals surface area contributed by atoms with Gasteiger partial charge in [-0.15, -0.1) is 11.3 Å². The maximum atomic E-state index is 12.0. The number of carbonyl (C=O) groups is 1. The third-order valence-electron chi connectivity index (χ3n) is 2.38. The van der Waals surface area contributed by atoms with Crippen molar-refractivity contribution in [2.75, 3.05) is 6.61 Å². The van der Waals surface area contributed by atoms with Crippen LogP contribution in [-0.2, 0) is 4.84 Å². The molecule has 6 heteroatoms. The van der Waals surface area contributed by atoms with Crippen LogP contribution in [0.1, 0.15) is 23.5 Å². The highest BCUT2D eigenvalue weighted by molar-refractivity contribution is 7.21. The van der Waals surface area contributed by atoms with Gasteiger partial charge < -0.3 is 0 Å². The Kier molecular flexibility index (Phi) is 4.68. The first-order valence-electron chi connectivity index (χ1n) is 5.78. The number of fused-ring (bicyclic) bond motifs is 1. The zero-order chi connectivity index (χ0) is 14.0. The second kappa shape index (κ2) is 6.09. The first kappa shape index (κ1) is 14.6. The van der Waals surface area contributed by atoms with E-state index in [1.165, 1.54) is 11.3 Å². The summed E-state index contributed by atoms with van der Waals surface area (Å²) in [5.41, 5.74) is 2.40. The molecule has 1 aromatic carbocycles. The number of rotatable bonds is 4. The Morgan fingerprint density at radius 2 is 2.16 bits per heavy atom. The molecule has 0 saturated heterocycles. The van der Waals surface area contributed by atoms with Crippen molar-refractivity contribution in [1.29, 1.82) is 0 Å². The molecule has 0 fully saturated rings. The molecule has 102 valence electrons. The lowest BCUT2D eigenvalue weighted by atomic mass is 10.2. The Hall–Kier alpha value is -0.810. The van der Waals surface area contributed by atoms with Gasteiger partial charge in [0.25, 0.3) is 5.91 Å². The number of nitrogens with one attached hydrogen (secondary N) is 1. The Morgan fingerprint density at radius 1 is 1.42 bits per heavy atom. The summed E-state index contributed by atoms with van der Waals surface area (Å²) in [4.78, 5) is 17.5. The van der Waals surface area contributed by atoms with Gasteiger partial charge in [-0.2, -0.15) is 0 Å². The average molecular weight is 318 g/mol. The number of benzene rings is 1. The first-order chi connectivity index (χ1) is 8.99. The van der Waals surface area contributed by atoms with E-state index in [4.69, 9.17) is 28.0 Å². The minimum absolute atomic E-state index is 0.331. The molecule has 2 aromatic rings. The topological polar surface area (TPSA) is 38.3 Å². The molecule has 1 aromatic heterocycles. The summed E-state index contributed by atoms with van der Waals surface area (Å²) < 4.78 is 0.881. The molecular weight excluding hydrogens is 305 g/mol. The maximum absolute atomic E-state index is 12.0. The van der Waals surface area contributed by atoms with Gasteiger partial charge in [-0.05, 0) is 18.1 Å². The van der Waals surface area contributed by atoms with Crippen LogP contribution in [0.3, 0.4) is 0 Å². The Labute approximate surface area is 125 Å². The van der Waals surface area contributed by atoms with Crippen LogP contribution in [0.25, 0.3) is 10.1 Å². The highest BCUT2D eigenvalue weighted by atomic mass is 35.5. The van der Waals surface area contributed by atoms with Crippen LogP contribution in [0.2, 0.25) is 10.0 Å². The molecule has 1 heterocycles. The first-order valence-corrected chi connectivity index (χ1v) is 7.36. The summed E-state index contributed by atoms with van der Waals surface area (Å²) in [7, 11) is 0. The number of hydrogen-bond acceptors (Lipinski definition) is 3. The number of hydrogen-bond donors (Lipinski definition) is 1. The molecule has 19 heavy (non-hydrogen) atoms. The van der Waals surface area contributed by atoms with Crippen LogP contribution in [-0.4, -0.2) is 12.5 Å². The van der Waals surface area contributed by atoms with Crippen molar-refractivity contribution in [1.82, 2.24) is 5.48 Å². The van der Waals surface area contributed by atoms with E-state index >= 15 is 0 Å². The van der Waals surface area contributed by atoms with Gasteiger partial charge in [0.2, 0.25) is 0 Å². The molecule has 0 aliphatic heterocycles. The van der Waals surface area contributed by atoms with E-state index in [1.807, 2.05) is 19.9 Å². The van der Waals surface area contributed by atoms with Crippen LogP contribution in [0.4, 0.5) is 0 Å². The quantitative estimate of drug-likeness (QED) is 0.841. The van der Waals surface area contributed by atoms with Crippen molar-refractivity contribution in [3.63, 3.8) is 0 Å². The lowest BCUT2D eigenvalue weighted by molar-refractivity contribution is 0.0212. The van der Waals surface area contributed by atoms with E-state index in [9.17, 15) is 4.79 Å². The molecular formula is C13H13Cl2NO2S. The molecule has 0 aliphatic carbocycles. The number of thiophene rings is 1. The van der Waals surface area contributed by atoms with Gasteiger partial charge in [-0.3, -0.25) is 9.63 Å². The monoisotopic (exact) mass is 317 g/mol. The summed E-state index contributed by atoms with van der Waals surface area (Å²) in [5.74, 6) is 0.0139. The highest BCUT2D eigenvalue weighted by Crippen LogP contribution is 2.36. The van der Waals surface area contributed by atoms with Gasteiger partial charge in [-0.1, -0.05) is 43.1 Å². The van der Waals surface area contributed by atoms with Gasteiger partial charge in [-0.25, -0.2) is 5.48 Å². The van der Waals surface area contributed by atoms with E-state index in [2.05, 4.69) is 5.48 Å². The molecule has 0 unspecified atom stereocenters. The van der Waals surface area contributed by atoms with Gasteiger partial charge in [0.1, 0.15) is 4.88 Å². The van der Waals surface area contributed by atoms with Crippen LogP contribution in [0, 0.1) is 5.92 Å². The molecule has 1 N–H and O–H groups in total. The molecule has 0 radical (unpaired) electrons. The van der Waals surface area contributed by atoms with Gasteiger partial charge >= 0.3 is 0 Å². The predicted molar refractivity (Wildman–Crippen MR) is 80.1 cm³/mol. The summed E-state index contributed by atoms with van der Waals surface area (Å²) in [6.07, 6.45) is 0. The number of amides is 1. The van der Waals surface area contributed by atoms with Crippen LogP contribution < -0.4 is 5.48 Å². The third kappa shape index (κ3) is 3.39. The zero-order valence-electron chi connectivity index (χ0n) is 10.5. The number of halogens is 2. The second-order valence-corrected chi connectivity index (χ2v) is 6.39. The van der Waals surface area contributed by atoms with E-state index < -0.39 is 0 Å². The van der Waals surface area contributed by atoms with Gasteiger partial charge in [0.15, 0.2) is 0 Å². The lowest BCUT2D eigenvalue weighted by Gasteiger charge is -2.06. The number of carbonyl (C=O) groups excluding carboxylic acids is 1. The summed E-state index contributed by atoms with van der Waals surface area (Å²) in [6, 6.07) is 5.35. The fourth-order valence-electron chi connectivity index (χ4n) is 1.51. The molecule has 0 aliphatic rings. The van der Waals surface area contributed by atoms with Gasteiger partial charge in [0, 0.05) is 15.1 Å². The van der Waals surface area contributed by atoms with Crippen LogP contribution in [0.5, 0.6) is 0 Å². The van der Waals surface area contributed by atoms with Crippen molar-refractivity contribution in [2.24, 2.45) is 5.92 Å². The third-order valence-corrected chi connectivity index (χ3v) is 4.27. The lowest BCUT2D eigenvalue weighted by Crippen LogP contribution is -2.25. The molecule has 0 saturated carbocycles. The predicted octanol–water partition coefficient (Wildman–Crippen LogP) is 4.53. The minimum Gasteiger partial charge on any atom is -0.273 e. The Balaban J connectivity index is 2.20. The normalized spacial score (nSPS) is 11.2. The fraction of sp³-hybridized carbons (Fsp3) is 0.308. The summed E-state index contributed by atoms with van der Waals surface area (Å²) >= 11 is 13.4. The molecule has 3 nitrogen and oxygen atoms in total. The van der Waals surface area contributed by atoms with E-state index in [0.717, 1.165) is 10.1 Å². The Morgan fingerprint density at radius 3 is 2.84 bits per heavy atom. The maximum Gasteiger partial charge on any atom is 0.286 e. The van der Waals surface area contributed by atoms with Crippen molar-refractivity contribution < 1.29 is 9.63 Å². The Bertz CT molecular complexity index is 610. The van der Waals surface area contributed by atoms with Crippen LogP contribution in [0.15, 0.2) is 18.2 Å². The zero-order valence-corrected chi connectivity index (χ0v) is 12.8. The van der Waals surface area contributed by atoms with Crippen molar-refractivity contribution >= 4 is 50.5 Å². The van der Waals surface area contributed by atoms with E-state index in [0.29, 0.717) is 27.4 Å². The largest absolute Gasteiger partial charge is 0.286 e. The van der Waals surface area contributed by atoms with E-state index in [-0.39, 0.29) is 5.91 Å². The van der Waals surface area contributed by atoms with Crippen molar-refractivity contribution in [3.05, 3.63) is 33.1 Å². The highest BCUT2D eigenvalue weighted by Gasteiger charge is 2.17. The summed E-state index contributed by atoms with van der Waals surface area (Å²) in [5, 5.41) is 1.88. The smallest absolute Gasteiger partial charge is 0.273 e. The summed E-state index contributed by atoms with van der Waals surface area (Å²) in [6.45, 7) is 4.46.